The van der Waals surface area contributed by atoms with E-state index in [9.17, 15) is 9.59 Å². The summed E-state index contributed by atoms with van der Waals surface area (Å²) in [6.45, 7) is 4.18. The predicted octanol–water partition coefficient (Wildman–Crippen LogP) is 3.67. The average molecular weight is 394 g/mol. The number of likely N-dealkylation sites (tertiary alicyclic amines) is 1. The average Bonchev–Trinajstić information content (AvgIpc) is 2.76. The Bertz CT molecular complexity index is 782. The van der Waals surface area contributed by atoms with Gasteiger partial charge in [-0.15, -0.1) is 0 Å². The van der Waals surface area contributed by atoms with E-state index in [0.717, 1.165) is 37.9 Å². The molecule has 0 bridgehead atoms. The normalized spacial score (nSPS) is 14.4. The topological polar surface area (TPSA) is 61.4 Å². The number of nitrogens with one attached hydrogen (secondary N) is 2. The lowest BCUT2D eigenvalue weighted by Crippen LogP contribution is -2.46. The number of amides is 3. The Balaban J connectivity index is 1.31. The molecule has 1 aliphatic heterocycles. The van der Waals surface area contributed by atoms with Crippen molar-refractivity contribution in [1.82, 2.24) is 15.5 Å². The molecule has 5 heteroatoms. The van der Waals surface area contributed by atoms with Crippen molar-refractivity contribution in [2.45, 2.75) is 39.2 Å². The van der Waals surface area contributed by atoms with E-state index >= 15 is 0 Å². The molecule has 1 saturated heterocycles. The lowest BCUT2D eigenvalue weighted by atomic mass is 9.90. The van der Waals surface area contributed by atoms with Crippen molar-refractivity contribution < 1.29 is 9.59 Å². The quantitative estimate of drug-likeness (QED) is 0.754. The van der Waals surface area contributed by atoms with Gasteiger partial charge in [0.15, 0.2) is 0 Å². The van der Waals surface area contributed by atoms with Gasteiger partial charge in [0.1, 0.15) is 0 Å². The number of benzene rings is 2. The van der Waals surface area contributed by atoms with Crippen molar-refractivity contribution in [1.29, 1.82) is 0 Å². The van der Waals surface area contributed by atoms with Gasteiger partial charge in [-0.2, -0.15) is 0 Å². The number of hydrogen-bond donors (Lipinski definition) is 2. The minimum atomic E-state index is -0.310. The van der Waals surface area contributed by atoms with Crippen LogP contribution in [0.15, 0.2) is 54.6 Å². The first-order valence-electron chi connectivity index (χ1n) is 10.5. The van der Waals surface area contributed by atoms with Gasteiger partial charge in [-0.05, 0) is 49.7 Å². The van der Waals surface area contributed by atoms with Crippen LogP contribution in [0.2, 0.25) is 0 Å². The second-order valence-electron chi connectivity index (χ2n) is 7.87. The van der Waals surface area contributed by atoms with Crippen LogP contribution in [-0.2, 0) is 17.8 Å². The third-order valence-corrected chi connectivity index (χ3v) is 5.63. The Hall–Kier alpha value is -2.82. The van der Waals surface area contributed by atoms with Gasteiger partial charge in [-0.3, -0.25) is 4.79 Å². The Kier molecular flexibility index (Phi) is 7.68. The molecule has 0 atom stereocenters. The van der Waals surface area contributed by atoms with Gasteiger partial charge in [0.2, 0.25) is 5.91 Å². The zero-order valence-electron chi connectivity index (χ0n) is 17.2. The molecular formula is C24H31N3O2. The van der Waals surface area contributed by atoms with E-state index in [2.05, 4.69) is 41.8 Å². The lowest BCUT2D eigenvalue weighted by Gasteiger charge is -2.32. The van der Waals surface area contributed by atoms with Crippen molar-refractivity contribution >= 4 is 11.9 Å². The second kappa shape index (κ2) is 10.6. The number of piperidine rings is 1. The van der Waals surface area contributed by atoms with E-state index in [4.69, 9.17) is 0 Å². The summed E-state index contributed by atoms with van der Waals surface area (Å²) in [7, 11) is 0. The fourth-order valence-electron chi connectivity index (χ4n) is 3.70. The van der Waals surface area contributed by atoms with Gasteiger partial charge < -0.3 is 15.5 Å². The fraction of sp³-hybridized carbons (Fsp3) is 0.417. The molecule has 0 radical (unpaired) electrons. The first kappa shape index (κ1) is 20.9. The summed E-state index contributed by atoms with van der Waals surface area (Å²) in [6, 6.07) is 18.2. The van der Waals surface area contributed by atoms with Crippen LogP contribution >= 0.6 is 0 Å². The molecule has 1 fully saturated rings. The van der Waals surface area contributed by atoms with Gasteiger partial charge in [0.05, 0.1) is 6.54 Å². The lowest BCUT2D eigenvalue weighted by molar-refractivity contribution is -0.131. The first-order chi connectivity index (χ1) is 14.1. The maximum absolute atomic E-state index is 12.4. The molecule has 3 rings (SSSR count). The summed E-state index contributed by atoms with van der Waals surface area (Å²) in [5.74, 6) is 0.666. The summed E-state index contributed by atoms with van der Waals surface area (Å²) in [6.07, 6.45) is 4.35. The molecule has 2 N–H and O–H groups in total. The zero-order chi connectivity index (χ0) is 20.5. The summed E-state index contributed by atoms with van der Waals surface area (Å²) in [5.41, 5.74) is 3.71. The SMILES string of the molecule is Cc1ccc(CCC2CCN(C(=O)CNC(=O)NCc3ccccc3)CC2)cc1. The Labute approximate surface area is 173 Å². The van der Waals surface area contributed by atoms with E-state index in [-0.39, 0.29) is 18.5 Å². The van der Waals surface area contributed by atoms with Crippen LogP contribution in [0.5, 0.6) is 0 Å². The van der Waals surface area contributed by atoms with Gasteiger partial charge in [-0.25, -0.2) is 4.79 Å². The number of hydrogen-bond acceptors (Lipinski definition) is 2. The molecule has 154 valence electrons. The van der Waals surface area contributed by atoms with Crippen LogP contribution < -0.4 is 10.6 Å². The number of urea groups is 1. The molecule has 5 nitrogen and oxygen atoms in total. The molecule has 1 heterocycles. The molecule has 0 aromatic heterocycles. The molecule has 0 spiro atoms. The molecule has 0 unspecified atom stereocenters. The number of nitrogens with zero attached hydrogens (tertiary/aromatic N) is 1. The van der Waals surface area contributed by atoms with Gasteiger partial charge in [-0.1, -0.05) is 60.2 Å². The van der Waals surface area contributed by atoms with E-state index in [1.807, 2.05) is 35.2 Å². The number of carbonyl (C=O) groups excluding carboxylic acids is 2. The third-order valence-electron chi connectivity index (χ3n) is 5.63. The molecule has 1 aliphatic rings. The van der Waals surface area contributed by atoms with Gasteiger partial charge in [0.25, 0.3) is 0 Å². The molecule has 2 aromatic carbocycles. The van der Waals surface area contributed by atoms with Crippen LogP contribution in [0.25, 0.3) is 0 Å². The molecule has 0 saturated carbocycles. The number of rotatable bonds is 7. The third kappa shape index (κ3) is 6.93. The monoisotopic (exact) mass is 393 g/mol. The molecule has 2 aromatic rings. The van der Waals surface area contributed by atoms with Crippen molar-refractivity contribution in [2.75, 3.05) is 19.6 Å². The van der Waals surface area contributed by atoms with Gasteiger partial charge >= 0.3 is 6.03 Å². The van der Waals surface area contributed by atoms with Crippen molar-refractivity contribution in [3.8, 4) is 0 Å². The van der Waals surface area contributed by atoms with E-state index in [1.165, 1.54) is 17.5 Å². The van der Waals surface area contributed by atoms with Crippen LogP contribution in [0, 0.1) is 12.8 Å². The van der Waals surface area contributed by atoms with E-state index in [1.54, 1.807) is 0 Å². The highest BCUT2D eigenvalue weighted by Crippen LogP contribution is 2.22. The first-order valence-corrected chi connectivity index (χ1v) is 10.5. The van der Waals surface area contributed by atoms with Crippen molar-refractivity contribution in [3.05, 3.63) is 71.3 Å². The fourth-order valence-corrected chi connectivity index (χ4v) is 3.70. The van der Waals surface area contributed by atoms with Crippen LogP contribution in [0.4, 0.5) is 4.79 Å². The van der Waals surface area contributed by atoms with Crippen LogP contribution in [0.1, 0.15) is 36.0 Å². The highest BCUT2D eigenvalue weighted by Gasteiger charge is 2.22. The summed E-state index contributed by atoms with van der Waals surface area (Å²) < 4.78 is 0. The minimum Gasteiger partial charge on any atom is -0.341 e. The zero-order valence-corrected chi connectivity index (χ0v) is 17.2. The Morgan fingerprint density at radius 3 is 2.31 bits per heavy atom. The summed E-state index contributed by atoms with van der Waals surface area (Å²) >= 11 is 0. The number of carbonyl (C=O) groups is 2. The molecule has 29 heavy (non-hydrogen) atoms. The summed E-state index contributed by atoms with van der Waals surface area (Å²) in [4.78, 5) is 26.2. The van der Waals surface area contributed by atoms with E-state index in [0.29, 0.717) is 12.5 Å². The standard InChI is InChI=1S/C24H31N3O2/c1-19-7-9-20(10-8-19)11-12-21-13-15-27(16-14-21)23(28)18-26-24(29)25-17-22-5-3-2-4-6-22/h2-10,21H,11-18H2,1H3,(H2,25,26,29). The largest absolute Gasteiger partial charge is 0.341 e. The minimum absolute atomic E-state index is 0.00292. The van der Waals surface area contributed by atoms with Crippen LogP contribution in [-0.4, -0.2) is 36.5 Å². The maximum atomic E-state index is 12.4. The predicted molar refractivity (Wildman–Crippen MR) is 115 cm³/mol. The van der Waals surface area contributed by atoms with Crippen molar-refractivity contribution in [2.24, 2.45) is 5.92 Å². The highest BCUT2D eigenvalue weighted by molar-refractivity contribution is 5.84. The number of aryl methyl sites for hydroxylation is 2. The van der Waals surface area contributed by atoms with Gasteiger partial charge in [0, 0.05) is 19.6 Å². The highest BCUT2D eigenvalue weighted by atomic mass is 16.2. The molecule has 3 amide bonds. The Morgan fingerprint density at radius 2 is 1.62 bits per heavy atom. The second-order valence-corrected chi connectivity index (χ2v) is 7.87. The summed E-state index contributed by atoms with van der Waals surface area (Å²) in [5, 5.41) is 5.45. The van der Waals surface area contributed by atoms with Crippen LogP contribution in [0.3, 0.4) is 0 Å². The van der Waals surface area contributed by atoms with E-state index < -0.39 is 0 Å². The smallest absolute Gasteiger partial charge is 0.315 e. The maximum Gasteiger partial charge on any atom is 0.315 e. The Morgan fingerprint density at radius 1 is 0.931 bits per heavy atom. The molecule has 0 aliphatic carbocycles. The van der Waals surface area contributed by atoms with Crippen molar-refractivity contribution in [3.63, 3.8) is 0 Å². The molecular weight excluding hydrogens is 362 g/mol.